The summed E-state index contributed by atoms with van der Waals surface area (Å²) in [5, 5.41) is 7.34. The summed E-state index contributed by atoms with van der Waals surface area (Å²) in [6.45, 7) is 0. The van der Waals surface area contributed by atoms with Crippen LogP contribution in [-0.4, -0.2) is 51.1 Å². The van der Waals surface area contributed by atoms with Crippen molar-refractivity contribution in [3.63, 3.8) is 0 Å². The number of hydrogen-bond donors (Lipinski definition) is 0. The fraction of sp³-hybridized carbons (Fsp3) is 0.250. The van der Waals surface area contributed by atoms with Crippen molar-refractivity contribution in [2.24, 2.45) is 10.3 Å². The van der Waals surface area contributed by atoms with Gasteiger partial charge >= 0.3 is 12.4 Å². The van der Waals surface area contributed by atoms with Crippen molar-refractivity contribution in [2.45, 2.75) is 47.5 Å². The van der Waals surface area contributed by atoms with Gasteiger partial charge in [-0.1, -0.05) is 34.6 Å². The molecule has 0 saturated carbocycles. The first-order valence-corrected chi connectivity index (χ1v) is 18.5. The van der Waals surface area contributed by atoms with Crippen molar-refractivity contribution in [3.05, 3.63) is 107 Å². The Labute approximate surface area is 292 Å². The number of alkyl halides is 6. The van der Waals surface area contributed by atoms with E-state index in [0.29, 0.717) is 11.1 Å². The van der Waals surface area contributed by atoms with Gasteiger partial charge in [-0.3, -0.25) is 0 Å². The number of sulfone groups is 2. The molecule has 0 radical (unpaired) electrons. The quantitative estimate of drug-likeness (QED) is 0.193. The maximum Gasteiger partial charge on any atom is 0.416 e. The molecule has 0 unspecified atom stereocenters. The van der Waals surface area contributed by atoms with E-state index in [1.54, 1.807) is 0 Å². The Morgan fingerprint density at radius 2 is 0.923 bits per heavy atom. The van der Waals surface area contributed by atoms with E-state index in [1.165, 1.54) is 60.9 Å². The molecule has 0 fully saturated rings. The molecule has 52 heavy (non-hydrogen) atoms. The first kappa shape index (κ1) is 38.0. The summed E-state index contributed by atoms with van der Waals surface area (Å²) in [6.07, 6.45) is -4.91. The number of rotatable bonds is 6. The van der Waals surface area contributed by atoms with Gasteiger partial charge in [-0.2, -0.15) is 26.3 Å². The second-order valence-electron chi connectivity index (χ2n) is 11.2. The highest BCUT2D eigenvalue weighted by atomic mass is 32.2. The minimum Gasteiger partial charge on any atom is -0.438 e. The highest BCUT2D eigenvalue weighted by Crippen LogP contribution is 2.34. The predicted octanol–water partition coefficient (Wildman–Crippen LogP) is 6.72. The average molecular weight is 773 g/mol. The highest BCUT2D eigenvalue weighted by molar-refractivity contribution is 7.90. The van der Waals surface area contributed by atoms with Crippen molar-refractivity contribution in [3.8, 4) is 11.5 Å². The molecule has 12 nitrogen and oxygen atoms in total. The van der Waals surface area contributed by atoms with Crippen LogP contribution < -0.4 is 9.47 Å². The zero-order valence-electron chi connectivity index (χ0n) is 26.8. The van der Waals surface area contributed by atoms with Crippen molar-refractivity contribution in [1.29, 1.82) is 0 Å². The van der Waals surface area contributed by atoms with Crippen LogP contribution in [0.5, 0.6) is 11.5 Å². The molecular formula is C32H26F6N4O8S2. The molecule has 2 aliphatic rings. The lowest BCUT2D eigenvalue weighted by Crippen LogP contribution is -2.09. The van der Waals surface area contributed by atoms with Gasteiger partial charge in [0.15, 0.2) is 41.9 Å². The molecule has 0 bridgehead atoms. The Balaban J connectivity index is 0.000000201. The molecule has 4 heterocycles. The van der Waals surface area contributed by atoms with Gasteiger partial charge in [0.25, 0.3) is 0 Å². The monoisotopic (exact) mass is 772 g/mol. The Morgan fingerprint density at radius 1 is 0.577 bits per heavy atom. The topological polar surface area (TPSA) is 156 Å². The molecule has 4 aromatic rings. The molecule has 0 amide bonds. The van der Waals surface area contributed by atoms with Crippen LogP contribution >= 0.6 is 0 Å². The summed E-state index contributed by atoms with van der Waals surface area (Å²) in [6, 6.07) is 14.7. The molecule has 0 spiro atoms. The summed E-state index contributed by atoms with van der Waals surface area (Å²) in [5.74, 6) is 0.966. The molecule has 2 atom stereocenters. The first-order valence-electron chi connectivity index (χ1n) is 14.7. The number of aromatic nitrogens is 2. The third-order valence-electron chi connectivity index (χ3n) is 7.15. The number of hydrogen-bond acceptors (Lipinski definition) is 12. The van der Waals surface area contributed by atoms with Gasteiger partial charge in [0.1, 0.15) is 11.5 Å². The second kappa shape index (κ2) is 14.8. The number of oxime groups is 2. The lowest BCUT2D eigenvalue weighted by Gasteiger charge is -2.11. The van der Waals surface area contributed by atoms with Gasteiger partial charge in [-0.25, -0.2) is 26.8 Å². The van der Waals surface area contributed by atoms with E-state index < -0.39 is 55.4 Å². The second-order valence-corrected chi connectivity index (χ2v) is 15.1. The third-order valence-corrected chi connectivity index (χ3v) is 9.16. The predicted molar refractivity (Wildman–Crippen MR) is 171 cm³/mol. The Kier molecular flexibility index (Phi) is 10.8. The normalized spacial score (nSPS) is 17.5. The fourth-order valence-electron chi connectivity index (χ4n) is 4.53. The number of benzene rings is 2. The van der Waals surface area contributed by atoms with Crippen LogP contribution in [-0.2, 0) is 41.7 Å². The van der Waals surface area contributed by atoms with Crippen molar-refractivity contribution in [1.82, 2.24) is 9.97 Å². The van der Waals surface area contributed by atoms with Crippen LogP contribution in [0.4, 0.5) is 26.3 Å². The van der Waals surface area contributed by atoms with Crippen molar-refractivity contribution < 1.29 is 62.3 Å². The van der Waals surface area contributed by atoms with Crippen molar-refractivity contribution in [2.75, 3.05) is 12.5 Å². The van der Waals surface area contributed by atoms with Gasteiger partial charge < -0.3 is 19.1 Å². The van der Waals surface area contributed by atoms with Crippen LogP contribution in [0.1, 0.15) is 47.3 Å². The summed E-state index contributed by atoms with van der Waals surface area (Å²) in [7, 11) is -6.81. The minimum absolute atomic E-state index is 0.0860. The SMILES string of the molecule is CS(=O)(=O)c1ccc(OC2=NO[C@@H](c3ccc(C(F)(F)F)cc3)C2)cn1.CS(=O)(=O)c1ccc(OC2=NO[C@H](c3ccc(C(F)(F)F)cc3)C2)cn1. The van der Waals surface area contributed by atoms with Gasteiger partial charge in [-0.05, 0) is 59.7 Å². The molecule has 2 aromatic carbocycles. The molecule has 2 aromatic heterocycles. The van der Waals surface area contributed by atoms with E-state index in [1.807, 2.05) is 0 Å². The van der Waals surface area contributed by atoms with Gasteiger partial charge in [0.2, 0.25) is 11.8 Å². The lowest BCUT2D eigenvalue weighted by atomic mass is 10.0. The molecule has 6 rings (SSSR count). The fourth-order valence-corrected chi connectivity index (χ4v) is 5.65. The number of ether oxygens (including phenoxy) is 2. The van der Waals surface area contributed by atoms with Crippen LogP contribution in [0.15, 0.2) is 106 Å². The van der Waals surface area contributed by atoms with Crippen LogP contribution in [0.2, 0.25) is 0 Å². The molecule has 0 saturated heterocycles. The van der Waals surface area contributed by atoms with E-state index in [-0.39, 0.29) is 46.2 Å². The standard InChI is InChI=1S/2C16H13F3N2O4S/c2*1-26(22,23)15-7-6-12(9-20-15)24-14-8-13(25-21-14)10-2-4-11(5-3-10)16(17,18)19/h2*2-7,9,13H,8H2,1H3/t2*13-/m10/s1. The Hall–Kier alpha value is -5.24. The zero-order chi connectivity index (χ0) is 37.9. The van der Waals surface area contributed by atoms with E-state index in [2.05, 4.69) is 20.3 Å². The van der Waals surface area contributed by atoms with Gasteiger partial charge in [-0.15, -0.1) is 0 Å². The largest absolute Gasteiger partial charge is 0.438 e. The smallest absolute Gasteiger partial charge is 0.416 e. The Morgan fingerprint density at radius 3 is 1.19 bits per heavy atom. The zero-order valence-corrected chi connectivity index (χ0v) is 28.4. The van der Waals surface area contributed by atoms with Crippen LogP contribution in [0.3, 0.4) is 0 Å². The first-order chi connectivity index (χ1) is 24.3. The number of halogens is 6. The maximum absolute atomic E-state index is 12.6. The molecule has 0 aliphatic carbocycles. The highest BCUT2D eigenvalue weighted by Gasteiger charge is 2.33. The summed E-state index contributed by atoms with van der Waals surface area (Å²) < 4.78 is 132. The molecular weight excluding hydrogens is 746 g/mol. The van der Waals surface area contributed by atoms with Gasteiger partial charge in [0, 0.05) is 12.5 Å². The maximum atomic E-state index is 12.6. The summed E-state index contributed by atoms with van der Waals surface area (Å²) in [4.78, 5) is 18.0. The molecule has 2 aliphatic heterocycles. The van der Waals surface area contributed by atoms with E-state index >= 15 is 0 Å². The lowest BCUT2D eigenvalue weighted by molar-refractivity contribution is -0.138. The number of pyridine rings is 2. The van der Waals surface area contributed by atoms with Crippen LogP contribution in [0.25, 0.3) is 0 Å². The van der Waals surface area contributed by atoms with E-state index in [9.17, 15) is 43.2 Å². The average Bonchev–Trinajstić information content (AvgIpc) is 3.74. The Bertz CT molecular complexity index is 2000. The van der Waals surface area contributed by atoms with Crippen molar-refractivity contribution >= 4 is 31.5 Å². The molecule has 20 heteroatoms. The third kappa shape index (κ3) is 9.96. The summed E-state index contributed by atoms with van der Waals surface area (Å²) in [5.41, 5.74) is -0.417. The van der Waals surface area contributed by atoms with E-state index in [0.717, 1.165) is 36.8 Å². The van der Waals surface area contributed by atoms with Crippen LogP contribution in [0, 0.1) is 0 Å². The minimum atomic E-state index is -4.40. The van der Waals surface area contributed by atoms with Gasteiger partial charge in [0.05, 0.1) is 36.4 Å². The number of nitrogens with zero attached hydrogens (tertiary/aromatic N) is 4. The summed E-state index contributed by atoms with van der Waals surface area (Å²) >= 11 is 0. The molecule has 0 N–H and O–H groups in total. The molecule has 276 valence electrons. The van der Waals surface area contributed by atoms with E-state index in [4.69, 9.17) is 19.1 Å².